The molecule has 1 aromatic rings. The first-order valence-corrected chi connectivity index (χ1v) is 4.20. The van der Waals surface area contributed by atoms with Crippen molar-refractivity contribution in [1.29, 1.82) is 0 Å². The number of nitro benzene ring substituents is 1. The van der Waals surface area contributed by atoms with Crippen LogP contribution in [0, 0.1) is 10.1 Å². The van der Waals surface area contributed by atoms with Gasteiger partial charge in [0.2, 0.25) is 0 Å². The van der Waals surface area contributed by atoms with Gasteiger partial charge in [-0.25, -0.2) is 0 Å². The van der Waals surface area contributed by atoms with Crippen molar-refractivity contribution in [3.63, 3.8) is 0 Å². The number of carboxylic acid groups (broad SMARTS) is 1. The number of hydrogen-bond acceptors (Lipinski definition) is 4. The number of nitrogens with zero attached hydrogens (tertiary/aromatic N) is 1. The van der Waals surface area contributed by atoms with Crippen LogP contribution in [0.2, 0.25) is 0 Å². The highest BCUT2D eigenvalue weighted by Crippen LogP contribution is 2.17. The van der Waals surface area contributed by atoms with E-state index in [1.165, 1.54) is 31.3 Å². The Labute approximate surface area is 85.7 Å². The number of non-ortho nitro benzene ring substituents is 1. The third kappa shape index (κ3) is 2.50. The summed E-state index contributed by atoms with van der Waals surface area (Å²) < 4.78 is 0. The molecule has 0 amide bonds. The topological polar surface area (TPSA) is 92.5 Å². The number of nitro groups is 1. The first-order valence-electron chi connectivity index (χ1n) is 4.20. The molecule has 1 aromatic carbocycles. The molecule has 0 spiro atoms. The van der Waals surface area contributed by atoms with Crippen molar-refractivity contribution in [3.8, 4) is 0 Å². The molecule has 0 aliphatic heterocycles. The van der Waals surface area contributed by atoms with Crippen molar-refractivity contribution in [1.82, 2.24) is 5.32 Å². The second kappa shape index (κ2) is 4.52. The third-order valence-electron chi connectivity index (χ3n) is 1.97. The molecule has 0 radical (unpaired) electrons. The van der Waals surface area contributed by atoms with Crippen LogP contribution in [0.25, 0.3) is 0 Å². The predicted octanol–water partition coefficient (Wildman–Crippen LogP) is 0.940. The van der Waals surface area contributed by atoms with Gasteiger partial charge in [-0.15, -0.1) is 0 Å². The minimum Gasteiger partial charge on any atom is -0.480 e. The van der Waals surface area contributed by atoms with Crippen molar-refractivity contribution in [2.24, 2.45) is 0 Å². The fraction of sp³-hybridized carbons (Fsp3) is 0.222. The maximum atomic E-state index is 10.8. The molecule has 80 valence electrons. The lowest BCUT2D eigenvalue weighted by Crippen LogP contribution is -2.24. The monoisotopic (exact) mass is 210 g/mol. The molecule has 0 aliphatic carbocycles. The number of aliphatic carboxylic acids is 1. The summed E-state index contributed by atoms with van der Waals surface area (Å²) in [6, 6.07) is 4.57. The summed E-state index contributed by atoms with van der Waals surface area (Å²) in [6.07, 6.45) is 0. The van der Waals surface area contributed by atoms with Gasteiger partial charge in [0, 0.05) is 12.1 Å². The van der Waals surface area contributed by atoms with Crippen LogP contribution in [-0.4, -0.2) is 23.0 Å². The fourth-order valence-corrected chi connectivity index (χ4v) is 1.22. The van der Waals surface area contributed by atoms with E-state index < -0.39 is 16.9 Å². The molecule has 6 heteroatoms. The molecule has 0 heterocycles. The van der Waals surface area contributed by atoms with E-state index in [0.717, 1.165) is 0 Å². The van der Waals surface area contributed by atoms with Crippen LogP contribution in [0.4, 0.5) is 5.69 Å². The Kier molecular flexibility index (Phi) is 3.35. The average molecular weight is 210 g/mol. The molecule has 6 nitrogen and oxygen atoms in total. The first kappa shape index (κ1) is 11.1. The highest BCUT2D eigenvalue weighted by Gasteiger charge is 2.17. The van der Waals surface area contributed by atoms with E-state index in [2.05, 4.69) is 5.32 Å². The van der Waals surface area contributed by atoms with E-state index >= 15 is 0 Å². The first-order chi connectivity index (χ1) is 7.06. The van der Waals surface area contributed by atoms with Crippen molar-refractivity contribution < 1.29 is 14.8 Å². The molecule has 0 fully saturated rings. The van der Waals surface area contributed by atoms with Gasteiger partial charge in [-0.05, 0) is 12.6 Å². The Hall–Kier alpha value is -1.95. The summed E-state index contributed by atoms with van der Waals surface area (Å²) >= 11 is 0. The largest absolute Gasteiger partial charge is 0.480 e. The molecule has 0 aromatic heterocycles. The standard InChI is InChI=1S/C9H10N2O4/c1-10-8(9(12)13)6-2-4-7(5-3-6)11(14)15/h2-5,8,10H,1H3,(H,12,13). The van der Waals surface area contributed by atoms with E-state index in [0.29, 0.717) is 5.56 Å². The Bertz CT molecular complexity index is 374. The molecular weight excluding hydrogens is 200 g/mol. The van der Waals surface area contributed by atoms with Crippen molar-refractivity contribution in [3.05, 3.63) is 39.9 Å². The van der Waals surface area contributed by atoms with Gasteiger partial charge in [0.1, 0.15) is 6.04 Å². The molecule has 0 saturated carbocycles. The van der Waals surface area contributed by atoms with E-state index in [9.17, 15) is 14.9 Å². The van der Waals surface area contributed by atoms with Crippen LogP contribution in [0.5, 0.6) is 0 Å². The number of benzene rings is 1. The lowest BCUT2D eigenvalue weighted by atomic mass is 10.1. The smallest absolute Gasteiger partial charge is 0.325 e. The van der Waals surface area contributed by atoms with E-state index in [4.69, 9.17) is 5.11 Å². The van der Waals surface area contributed by atoms with Crippen LogP contribution >= 0.6 is 0 Å². The zero-order chi connectivity index (χ0) is 11.4. The Balaban J connectivity index is 2.97. The highest BCUT2D eigenvalue weighted by atomic mass is 16.6. The van der Waals surface area contributed by atoms with Crippen molar-refractivity contribution >= 4 is 11.7 Å². The molecule has 0 saturated heterocycles. The number of carbonyl (C=O) groups is 1. The summed E-state index contributed by atoms with van der Waals surface area (Å²) in [5.74, 6) is -1.02. The van der Waals surface area contributed by atoms with Gasteiger partial charge in [0.25, 0.3) is 5.69 Å². The maximum Gasteiger partial charge on any atom is 0.325 e. The molecule has 1 atom stereocenters. The molecule has 1 unspecified atom stereocenters. The van der Waals surface area contributed by atoms with Crippen LogP contribution in [-0.2, 0) is 4.79 Å². The predicted molar refractivity (Wildman–Crippen MR) is 52.5 cm³/mol. The summed E-state index contributed by atoms with van der Waals surface area (Å²) in [4.78, 5) is 20.6. The lowest BCUT2D eigenvalue weighted by molar-refractivity contribution is -0.384. The van der Waals surface area contributed by atoms with Gasteiger partial charge in [-0.1, -0.05) is 12.1 Å². The minimum atomic E-state index is -1.02. The van der Waals surface area contributed by atoms with Crippen molar-refractivity contribution in [2.45, 2.75) is 6.04 Å². The zero-order valence-corrected chi connectivity index (χ0v) is 8.01. The van der Waals surface area contributed by atoms with Gasteiger partial charge < -0.3 is 10.4 Å². The Morgan fingerprint density at radius 2 is 2.00 bits per heavy atom. The van der Waals surface area contributed by atoms with Crippen LogP contribution in [0.15, 0.2) is 24.3 Å². The molecular formula is C9H10N2O4. The summed E-state index contributed by atoms with van der Waals surface area (Å²) in [5, 5.41) is 21.8. The van der Waals surface area contributed by atoms with Crippen LogP contribution in [0.1, 0.15) is 11.6 Å². The van der Waals surface area contributed by atoms with Gasteiger partial charge in [0.15, 0.2) is 0 Å². The minimum absolute atomic E-state index is 0.0565. The molecule has 0 bridgehead atoms. The average Bonchev–Trinajstić information content (AvgIpc) is 2.19. The quantitative estimate of drug-likeness (QED) is 0.569. The van der Waals surface area contributed by atoms with E-state index in [1.54, 1.807) is 0 Å². The number of nitrogens with one attached hydrogen (secondary N) is 1. The Morgan fingerprint density at radius 3 is 2.33 bits per heavy atom. The normalized spacial score (nSPS) is 12.1. The molecule has 2 N–H and O–H groups in total. The lowest BCUT2D eigenvalue weighted by Gasteiger charge is -2.10. The third-order valence-corrected chi connectivity index (χ3v) is 1.97. The number of rotatable bonds is 4. The molecule has 0 aliphatic rings. The van der Waals surface area contributed by atoms with Gasteiger partial charge in [-0.2, -0.15) is 0 Å². The Morgan fingerprint density at radius 1 is 1.47 bits per heavy atom. The second-order valence-corrected chi connectivity index (χ2v) is 2.91. The van der Waals surface area contributed by atoms with E-state index in [-0.39, 0.29) is 5.69 Å². The second-order valence-electron chi connectivity index (χ2n) is 2.91. The summed E-state index contributed by atoms with van der Waals surface area (Å²) in [6.45, 7) is 0. The zero-order valence-electron chi connectivity index (χ0n) is 8.01. The fourth-order valence-electron chi connectivity index (χ4n) is 1.22. The highest BCUT2D eigenvalue weighted by molar-refractivity contribution is 5.75. The van der Waals surface area contributed by atoms with Crippen LogP contribution < -0.4 is 5.32 Å². The van der Waals surface area contributed by atoms with E-state index in [1.807, 2.05) is 0 Å². The summed E-state index contributed by atoms with van der Waals surface area (Å²) in [7, 11) is 1.51. The van der Waals surface area contributed by atoms with Gasteiger partial charge >= 0.3 is 5.97 Å². The SMILES string of the molecule is CNC(C(=O)O)c1ccc([N+](=O)[O-])cc1. The number of hydrogen-bond donors (Lipinski definition) is 2. The number of carboxylic acids is 1. The summed E-state index contributed by atoms with van der Waals surface area (Å²) in [5.41, 5.74) is 0.426. The molecule has 15 heavy (non-hydrogen) atoms. The van der Waals surface area contributed by atoms with Gasteiger partial charge in [0.05, 0.1) is 4.92 Å². The van der Waals surface area contributed by atoms with Crippen molar-refractivity contribution in [2.75, 3.05) is 7.05 Å². The maximum absolute atomic E-state index is 10.8. The van der Waals surface area contributed by atoms with Gasteiger partial charge in [-0.3, -0.25) is 14.9 Å². The molecule has 1 rings (SSSR count). The van der Waals surface area contributed by atoms with Crippen LogP contribution in [0.3, 0.4) is 0 Å². The number of likely N-dealkylation sites (N-methyl/N-ethyl adjacent to an activating group) is 1.